The van der Waals surface area contributed by atoms with Gasteiger partial charge in [0.2, 0.25) is 0 Å². The van der Waals surface area contributed by atoms with Gasteiger partial charge in [-0.3, -0.25) is 0 Å². The molecule has 1 aromatic carbocycles. The van der Waals surface area contributed by atoms with Crippen molar-refractivity contribution in [1.82, 2.24) is 0 Å². The van der Waals surface area contributed by atoms with Crippen LogP contribution in [0.3, 0.4) is 0 Å². The van der Waals surface area contributed by atoms with Gasteiger partial charge in [0.1, 0.15) is 5.75 Å². The lowest BCUT2D eigenvalue weighted by Gasteiger charge is -2.18. The lowest BCUT2D eigenvalue weighted by Crippen LogP contribution is -2.24. The molecule has 0 saturated carbocycles. The third-order valence-electron chi connectivity index (χ3n) is 2.37. The molecule has 0 aromatic heterocycles. The Morgan fingerprint density at radius 3 is 2.57 bits per heavy atom. The van der Waals surface area contributed by atoms with Crippen molar-refractivity contribution in [3.05, 3.63) is 29.3 Å². The highest BCUT2D eigenvalue weighted by atomic mass is 16.5. The Hall–Kier alpha value is -1.06. The van der Waals surface area contributed by atoms with E-state index in [4.69, 9.17) is 10.5 Å². The third-order valence-corrected chi connectivity index (χ3v) is 2.37. The van der Waals surface area contributed by atoms with Crippen LogP contribution in [0.5, 0.6) is 5.75 Å². The van der Waals surface area contributed by atoms with Crippen LogP contribution >= 0.6 is 0 Å². The fourth-order valence-corrected chi connectivity index (χ4v) is 1.36. The van der Waals surface area contributed by atoms with E-state index in [1.165, 1.54) is 0 Å². The highest BCUT2D eigenvalue weighted by Gasteiger charge is 2.14. The Labute approximate surface area is 84.5 Å². The minimum atomic E-state index is -0.555. The van der Waals surface area contributed by atoms with Crippen LogP contribution < -0.4 is 10.5 Å². The van der Waals surface area contributed by atoms with Crippen LogP contribution in [0.15, 0.2) is 18.2 Å². The Bertz CT molecular complexity index is 310. The zero-order chi connectivity index (χ0) is 10.7. The molecule has 0 heterocycles. The van der Waals surface area contributed by atoms with Crippen molar-refractivity contribution in [1.29, 1.82) is 0 Å². The number of methoxy groups -OCH3 is 1. The molecule has 0 radical (unpaired) electrons. The first-order valence-electron chi connectivity index (χ1n) is 4.64. The zero-order valence-corrected chi connectivity index (χ0v) is 8.82. The van der Waals surface area contributed by atoms with Gasteiger partial charge in [0.25, 0.3) is 0 Å². The summed E-state index contributed by atoms with van der Waals surface area (Å²) in [7, 11) is 1.61. The average Bonchev–Trinajstić information content (AvgIpc) is 2.17. The highest BCUT2D eigenvalue weighted by Crippen LogP contribution is 2.23. The Morgan fingerprint density at radius 2 is 2.07 bits per heavy atom. The summed E-state index contributed by atoms with van der Waals surface area (Å²) in [6.07, 6.45) is -0.555. The minimum Gasteiger partial charge on any atom is -0.497 e. The first-order valence-corrected chi connectivity index (χ1v) is 4.64. The average molecular weight is 195 g/mol. The van der Waals surface area contributed by atoms with Crippen molar-refractivity contribution in [2.24, 2.45) is 5.73 Å². The monoisotopic (exact) mass is 195 g/mol. The van der Waals surface area contributed by atoms with E-state index in [-0.39, 0.29) is 6.04 Å². The molecule has 1 unspecified atom stereocenters. The molecule has 1 aromatic rings. The van der Waals surface area contributed by atoms with Crippen LogP contribution in [0.25, 0.3) is 0 Å². The van der Waals surface area contributed by atoms with Crippen molar-refractivity contribution in [3.63, 3.8) is 0 Å². The smallest absolute Gasteiger partial charge is 0.119 e. The molecule has 78 valence electrons. The summed E-state index contributed by atoms with van der Waals surface area (Å²) < 4.78 is 5.10. The summed E-state index contributed by atoms with van der Waals surface area (Å²) in [5.74, 6) is 0.765. The van der Waals surface area contributed by atoms with Crippen molar-refractivity contribution < 1.29 is 9.84 Å². The van der Waals surface area contributed by atoms with Crippen LogP contribution in [0.1, 0.15) is 24.1 Å². The lowest BCUT2D eigenvalue weighted by atomic mass is 9.98. The maximum Gasteiger partial charge on any atom is 0.119 e. The van der Waals surface area contributed by atoms with E-state index in [1.807, 2.05) is 25.1 Å². The molecular formula is C11H17NO2. The second-order valence-corrected chi connectivity index (χ2v) is 3.49. The van der Waals surface area contributed by atoms with E-state index in [2.05, 4.69) is 0 Å². The van der Waals surface area contributed by atoms with Gasteiger partial charge in [-0.1, -0.05) is 6.07 Å². The van der Waals surface area contributed by atoms with Gasteiger partial charge in [0, 0.05) is 0 Å². The molecule has 0 fully saturated rings. The summed E-state index contributed by atoms with van der Waals surface area (Å²) in [4.78, 5) is 0. The number of aliphatic hydroxyl groups excluding tert-OH is 1. The van der Waals surface area contributed by atoms with Crippen molar-refractivity contribution >= 4 is 0 Å². The first kappa shape index (κ1) is 11.0. The van der Waals surface area contributed by atoms with Gasteiger partial charge >= 0.3 is 0 Å². The fraction of sp³-hybridized carbons (Fsp3) is 0.455. The Balaban J connectivity index is 3.05. The molecule has 3 nitrogen and oxygen atoms in total. The van der Waals surface area contributed by atoms with Crippen molar-refractivity contribution in [2.75, 3.05) is 7.11 Å². The maximum absolute atomic E-state index is 9.40. The van der Waals surface area contributed by atoms with Gasteiger partial charge in [0.15, 0.2) is 0 Å². The first-order chi connectivity index (χ1) is 6.56. The number of rotatable bonds is 3. The molecule has 3 heteroatoms. The van der Waals surface area contributed by atoms with Gasteiger partial charge in [0.05, 0.1) is 19.3 Å². The number of benzene rings is 1. The zero-order valence-electron chi connectivity index (χ0n) is 8.82. The lowest BCUT2D eigenvalue weighted by molar-refractivity contribution is 0.164. The summed E-state index contributed by atoms with van der Waals surface area (Å²) in [6, 6.07) is 5.33. The van der Waals surface area contributed by atoms with E-state index < -0.39 is 6.10 Å². The van der Waals surface area contributed by atoms with E-state index >= 15 is 0 Å². The molecule has 0 aliphatic rings. The molecule has 0 amide bonds. The van der Waals surface area contributed by atoms with E-state index in [9.17, 15) is 5.11 Å². The molecule has 0 aliphatic heterocycles. The molecule has 2 atom stereocenters. The van der Waals surface area contributed by atoms with Gasteiger partial charge < -0.3 is 15.6 Å². The van der Waals surface area contributed by atoms with Crippen molar-refractivity contribution in [3.8, 4) is 5.75 Å². The number of hydrogen-bond donors (Lipinski definition) is 2. The summed E-state index contributed by atoms with van der Waals surface area (Å²) in [5.41, 5.74) is 7.86. The number of aliphatic hydroxyl groups is 1. The predicted molar refractivity (Wildman–Crippen MR) is 56.3 cm³/mol. The standard InChI is InChI=1S/C11H17NO2/c1-7-4-5-9(14-3)6-10(7)11(12)8(2)13/h4-6,8,11,13H,12H2,1-3H3/t8?,11-/m1/s1. The SMILES string of the molecule is COc1ccc(C)c([C@H](N)C(C)O)c1. The van der Waals surface area contributed by atoms with E-state index in [1.54, 1.807) is 14.0 Å². The topological polar surface area (TPSA) is 55.5 Å². The van der Waals surface area contributed by atoms with Crippen LogP contribution in [0.2, 0.25) is 0 Å². The minimum absolute atomic E-state index is 0.356. The molecule has 14 heavy (non-hydrogen) atoms. The van der Waals surface area contributed by atoms with Gasteiger partial charge in [-0.15, -0.1) is 0 Å². The molecule has 3 N–H and O–H groups in total. The molecule has 1 rings (SSSR count). The molecule has 0 aliphatic carbocycles. The second kappa shape index (κ2) is 4.44. The number of aryl methyl sites for hydroxylation is 1. The van der Waals surface area contributed by atoms with Crippen LogP contribution in [-0.2, 0) is 0 Å². The summed E-state index contributed by atoms with van der Waals surface area (Å²) in [6.45, 7) is 3.65. The highest BCUT2D eigenvalue weighted by molar-refractivity contribution is 5.37. The van der Waals surface area contributed by atoms with Crippen LogP contribution in [-0.4, -0.2) is 18.3 Å². The normalized spacial score (nSPS) is 14.9. The molecular weight excluding hydrogens is 178 g/mol. The van der Waals surface area contributed by atoms with Gasteiger partial charge in [-0.25, -0.2) is 0 Å². The molecule has 0 bridgehead atoms. The Morgan fingerprint density at radius 1 is 1.43 bits per heavy atom. The van der Waals surface area contributed by atoms with E-state index in [0.717, 1.165) is 16.9 Å². The maximum atomic E-state index is 9.40. The largest absolute Gasteiger partial charge is 0.497 e. The molecule has 0 saturated heterocycles. The predicted octanol–water partition coefficient (Wildman–Crippen LogP) is 1.38. The third kappa shape index (κ3) is 2.25. The number of ether oxygens (including phenoxy) is 1. The molecule has 0 spiro atoms. The number of nitrogens with two attached hydrogens (primary N) is 1. The van der Waals surface area contributed by atoms with E-state index in [0.29, 0.717) is 0 Å². The van der Waals surface area contributed by atoms with Crippen LogP contribution in [0, 0.1) is 6.92 Å². The Kier molecular flexibility index (Phi) is 3.49. The van der Waals surface area contributed by atoms with Gasteiger partial charge in [-0.05, 0) is 37.1 Å². The summed E-state index contributed by atoms with van der Waals surface area (Å²) in [5, 5.41) is 9.40. The van der Waals surface area contributed by atoms with Gasteiger partial charge in [-0.2, -0.15) is 0 Å². The number of hydrogen-bond acceptors (Lipinski definition) is 3. The summed E-state index contributed by atoms with van der Waals surface area (Å²) >= 11 is 0. The quantitative estimate of drug-likeness (QED) is 0.766. The second-order valence-electron chi connectivity index (χ2n) is 3.49. The van der Waals surface area contributed by atoms with Crippen LogP contribution in [0.4, 0.5) is 0 Å². The van der Waals surface area contributed by atoms with Crippen molar-refractivity contribution in [2.45, 2.75) is 26.0 Å². The fourth-order valence-electron chi connectivity index (χ4n) is 1.36.